The fourth-order valence-corrected chi connectivity index (χ4v) is 0.824. The molecule has 0 aliphatic rings. The highest BCUT2D eigenvalue weighted by atomic mass is 16.8. The topological polar surface area (TPSA) is 165 Å². The molecule has 9 heteroatoms. The van der Waals surface area contributed by atoms with Crippen LogP contribution in [0.5, 0.6) is 0 Å². The first-order valence-electron chi connectivity index (χ1n) is 4.57. The van der Waals surface area contributed by atoms with E-state index in [1.54, 1.807) is 0 Å². The normalized spacial score (nSPS) is 12.3. The molecule has 0 spiro atoms. The van der Waals surface area contributed by atoms with E-state index in [1.807, 2.05) is 0 Å². The van der Waals surface area contributed by atoms with Gasteiger partial charge >= 0.3 is 17.9 Å². The van der Waals surface area contributed by atoms with Gasteiger partial charge in [-0.25, -0.2) is 0 Å². The Hall–Kier alpha value is -1.26. The second-order valence-electron chi connectivity index (χ2n) is 3.39. The zero-order valence-corrected chi connectivity index (χ0v) is 8.74. The molecule has 0 bridgehead atoms. The van der Waals surface area contributed by atoms with Gasteiger partial charge in [0.25, 0.3) is 5.97 Å². The second kappa shape index (κ2) is 5.89. The van der Waals surface area contributed by atoms with E-state index in [0.717, 1.165) is 0 Å². The van der Waals surface area contributed by atoms with Gasteiger partial charge < -0.3 is 35.4 Å². The van der Waals surface area contributed by atoms with Crippen LogP contribution in [0.25, 0.3) is 0 Å². The van der Waals surface area contributed by atoms with Gasteiger partial charge in [-0.3, -0.25) is 9.59 Å². The summed E-state index contributed by atoms with van der Waals surface area (Å²) in [5.41, 5.74) is 0. The standard InChI is InChI=1S/C8H14O9/c9-5(10)1-4-8(15,16)17-6(11)2-3-7(12,13)14/h12-16H,1-4H2,(H,9,10). The van der Waals surface area contributed by atoms with Crippen molar-refractivity contribution in [2.24, 2.45) is 0 Å². The first-order chi connectivity index (χ1) is 7.52. The summed E-state index contributed by atoms with van der Waals surface area (Å²) in [6.07, 6.45) is -2.86. The van der Waals surface area contributed by atoms with Gasteiger partial charge in [0.1, 0.15) is 0 Å². The number of carboxylic acid groups (broad SMARTS) is 1. The molecule has 0 aromatic carbocycles. The van der Waals surface area contributed by atoms with Crippen molar-refractivity contribution in [1.82, 2.24) is 0 Å². The van der Waals surface area contributed by atoms with Gasteiger partial charge in [-0.2, -0.15) is 0 Å². The van der Waals surface area contributed by atoms with Crippen LogP contribution in [0.2, 0.25) is 0 Å². The number of hydrogen-bond acceptors (Lipinski definition) is 8. The first-order valence-corrected chi connectivity index (χ1v) is 4.57. The third kappa shape index (κ3) is 9.66. The van der Waals surface area contributed by atoms with Crippen LogP contribution in [0.15, 0.2) is 0 Å². The predicted molar refractivity (Wildman–Crippen MR) is 48.8 cm³/mol. The molecule has 17 heavy (non-hydrogen) atoms. The van der Waals surface area contributed by atoms with E-state index in [2.05, 4.69) is 4.74 Å². The molecule has 0 aliphatic carbocycles. The largest absolute Gasteiger partial charge is 0.481 e. The molecule has 9 nitrogen and oxygen atoms in total. The van der Waals surface area contributed by atoms with Crippen molar-refractivity contribution in [2.75, 3.05) is 0 Å². The SMILES string of the molecule is O=C(O)CCC(O)(O)OC(=O)CCC(O)(O)O. The predicted octanol–water partition coefficient (Wildman–Crippen LogP) is -2.56. The average Bonchev–Trinajstić information content (AvgIpc) is 2.10. The molecule has 0 aromatic rings. The molecule has 0 amide bonds. The van der Waals surface area contributed by atoms with Crippen LogP contribution in [-0.2, 0) is 14.3 Å². The Morgan fingerprint density at radius 1 is 0.941 bits per heavy atom. The Morgan fingerprint density at radius 2 is 1.47 bits per heavy atom. The van der Waals surface area contributed by atoms with E-state index in [4.69, 9.17) is 30.6 Å². The van der Waals surface area contributed by atoms with Crippen LogP contribution in [0.1, 0.15) is 25.7 Å². The van der Waals surface area contributed by atoms with E-state index < -0.39 is 49.6 Å². The lowest BCUT2D eigenvalue weighted by molar-refractivity contribution is -0.329. The lowest BCUT2D eigenvalue weighted by Gasteiger charge is -2.21. The number of aliphatic carboxylic acids is 1. The number of rotatable bonds is 7. The van der Waals surface area contributed by atoms with Gasteiger partial charge in [0.2, 0.25) is 0 Å². The van der Waals surface area contributed by atoms with Crippen LogP contribution in [0.3, 0.4) is 0 Å². The van der Waals surface area contributed by atoms with Crippen LogP contribution in [-0.4, -0.2) is 54.5 Å². The summed E-state index contributed by atoms with van der Waals surface area (Å²) < 4.78 is 4.06. The molecule has 0 rings (SSSR count). The Labute approximate surface area is 95.5 Å². The molecule has 6 N–H and O–H groups in total. The monoisotopic (exact) mass is 254 g/mol. The molecular formula is C8H14O9. The highest BCUT2D eigenvalue weighted by Gasteiger charge is 2.30. The van der Waals surface area contributed by atoms with E-state index in [0.29, 0.717) is 0 Å². The molecule has 0 aliphatic heterocycles. The van der Waals surface area contributed by atoms with E-state index in [1.165, 1.54) is 0 Å². The first kappa shape index (κ1) is 15.7. The minimum atomic E-state index is -3.06. The van der Waals surface area contributed by atoms with Crippen LogP contribution < -0.4 is 0 Å². The molecule has 0 radical (unpaired) electrons. The molecule has 0 heterocycles. The second-order valence-corrected chi connectivity index (χ2v) is 3.39. The Morgan fingerprint density at radius 3 is 1.88 bits per heavy atom. The van der Waals surface area contributed by atoms with Gasteiger partial charge in [-0.15, -0.1) is 0 Å². The van der Waals surface area contributed by atoms with Gasteiger partial charge in [-0.1, -0.05) is 0 Å². The summed E-state index contributed by atoms with van der Waals surface area (Å²) in [5, 5.41) is 51.6. The maximum absolute atomic E-state index is 10.9. The molecule has 100 valence electrons. The van der Waals surface area contributed by atoms with Crippen LogP contribution >= 0.6 is 0 Å². The van der Waals surface area contributed by atoms with Crippen molar-refractivity contribution in [3.63, 3.8) is 0 Å². The van der Waals surface area contributed by atoms with Crippen molar-refractivity contribution in [3.8, 4) is 0 Å². The summed E-state index contributed by atoms with van der Waals surface area (Å²) in [6, 6.07) is 0. The van der Waals surface area contributed by atoms with Crippen molar-refractivity contribution >= 4 is 11.9 Å². The minimum Gasteiger partial charge on any atom is -0.481 e. The molecule has 0 fully saturated rings. The van der Waals surface area contributed by atoms with Gasteiger partial charge in [0.15, 0.2) is 0 Å². The third-order valence-electron chi connectivity index (χ3n) is 1.61. The van der Waals surface area contributed by atoms with Gasteiger partial charge in [0, 0.05) is 6.42 Å². The van der Waals surface area contributed by atoms with Crippen molar-refractivity contribution in [1.29, 1.82) is 0 Å². The molecule has 0 saturated heterocycles. The number of hydrogen-bond donors (Lipinski definition) is 6. The maximum atomic E-state index is 10.9. The molecule has 0 unspecified atom stereocenters. The van der Waals surface area contributed by atoms with Gasteiger partial charge in [0.05, 0.1) is 19.3 Å². The number of esters is 1. The number of ether oxygens (including phenoxy) is 1. The molecular weight excluding hydrogens is 240 g/mol. The smallest absolute Gasteiger partial charge is 0.324 e. The van der Waals surface area contributed by atoms with E-state index in [-0.39, 0.29) is 0 Å². The van der Waals surface area contributed by atoms with Crippen molar-refractivity contribution in [2.45, 2.75) is 37.6 Å². The summed E-state index contributed by atoms with van der Waals surface area (Å²) in [6.45, 7) is 0. The minimum absolute atomic E-state index is 0.635. The molecule has 0 aromatic heterocycles. The number of carbonyl (C=O) groups excluding carboxylic acids is 1. The number of aliphatic hydroxyl groups is 5. The Balaban J connectivity index is 4.05. The summed E-state index contributed by atoms with van der Waals surface area (Å²) in [4.78, 5) is 21.1. The van der Waals surface area contributed by atoms with Crippen molar-refractivity contribution in [3.05, 3.63) is 0 Å². The van der Waals surface area contributed by atoms with E-state index in [9.17, 15) is 9.59 Å². The zero-order chi connectivity index (χ0) is 13.7. The van der Waals surface area contributed by atoms with E-state index >= 15 is 0 Å². The fourth-order valence-electron chi connectivity index (χ4n) is 0.824. The number of carbonyl (C=O) groups is 2. The maximum Gasteiger partial charge on any atom is 0.324 e. The van der Waals surface area contributed by atoms with Gasteiger partial charge in [-0.05, 0) is 0 Å². The quantitative estimate of drug-likeness (QED) is 0.212. The highest BCUT2D eigenvalue weighted by molar-refractivity contribution is 5.70. The third-order valence-corrected chi connectivity index (χ3v) is 1.61. The average molecular weight is 254 g/mol. The van der Waals surface area contributed by atoms with Crippen LogP contribution in [0, 0.1) is 0 Å². The fraction of sp³-hybridized carbons (Fsp3) is 0.750. The Bertz CT molecular complexity index is 277. The summed E-state index contributed by atoms with van der Waals surface area (Å²) in [5.74, 6) is -8.55. The molecule has 0 atom stereocenters. The summed E-state index contributed by atoms with van der Waals surface area (Å²) >= 11 is 0. The molecule has 0 saturated carbocycles. The zero-order valence-electron chi connectivity index (χ0n) is 8.74. The lowest BCUT2D eigenvalue weighted by atomic mass is 10.2. The van der Waals surface area contributed by atoms with Crippen molar-refractivity contribution < 1.29 is 45.0 Å². The summed E-state index contributed by atoms with van der Waals surface area (Å²) in [7, 11) is 0. The highest BCUT2D eigenvalue weighted by Crippen LogP contribution is 2.14. The Kier molecular flexibility index (Phi) is 5.45. The lowest BCUT2D eigenvalue weighted by Crippen LogP contribution is -2.36. The van der Waals surface area contributed by atoms with Crippen LogP contribution in [0.4, 0.5) is 0 Å². The number of carboxylic acids is 1.